The molecule has 5 nitrogen and oxygen atoms in total. The molecule has 24 heavy (non-hydrogen) atoms. The molecule has 0 atom stereocenters. The molecule has 4 aromatic rings. The van der Waals surface area contributed by atoms with Gasteiger partial charge in [-0.2, -0.15) is 0 Å². The normalized spacial score (nSPS) is 10.9. The molecule has 0 saturated carbocycles. The number of nitrogens with zero attached hydrogens (tertiary/aromatic N) is 1. The number of benzene rings is 2. The zero-order valence-corrected chi connectivity index (χ0v) is 13.0. The van der Waals surface area contributed by atoms with Crippen LogP contribution in [0.4, 0.5) is 11.4 Å². The molecule has 0 fully saturated rings. The summed E-state index contributed by atoms with van der Waals surface area (Å²) >= 11 is 0. The summed E-state index contributed by atoms with van der Waals surface area (Å²) in [6.07, 6.45) is 1.68. The number of hydrogen-bond acceptors (Lipinski definition) is 4. The van der Waals surface area contributed by atoms with E-state index in [4.69, 9.17) is 4.74 Å². The molecule has 2 aromatic heterocycles. The summed E-state index contributed by atoms with van der Waals surface area (Å²) in [5.74, 6) is 0.775. The fraction of sp³-hybridized carbons (Fsp3) is 0.0526. The van der Waals surface area contributed by atoms with Crippen LogP contribution in [0, 0.1) is 0 Å². The molecule has 0 amide bonds. The number of aromatic amines is 1. The number of hydrogen-bond donors (Lipinski definition) is 2. The number of fused-ring (bicyclic) bond motifs is 3. The van der Waals surface area contributed by atoms with Crippen molar-refractivity contribution < 1.29 is 4.74 Å². The maximum atomic E-state index is 12.2. The Morgan fingerprint density at radius 3 is 2.71 bits per heavy atom. The molecule has 0 spiro atoms. The zero-order chi connectivity index (χ0) is 16.5. The highest BCUT2D eigenvalue weighted by atomic mass is 16.5. The van der Waals surface area contributed by atoms with E-state index in [9.17, 15) is 4.79 Å². The van der Waals surface area contributed by atoms with Crippen molar-refractivity contribution in [3.05, 3.63) is 71.1 Å². The number of aromatic nitrogens is 2. The fourth-order valence-electron chi connectivity index (χ4n) is 2.86. The van der Waals surface area contributed by atoms with Crippen molar-refractivity contribution in [2.75, 3.05) is 12.4 Å². The second-order valence-corrected chi connectivity index (χ2v) is 5.44. The van der Waals surface area contributed by atoms with Gasteiger partial charge in [-0.3, -0.25) is 4.79 Å². The summed E-state index contributed by atoms with van der Waals surface area (Å²) in [5.41, 5.74) is 2.20. The Hall–Kier alpha value is -3.34. The maximum Gasteiger partial charge on any atom is 0.257 e. The Bertz CT molecular complexity index is 1100. The average molecular weight is 317 g/mol. The summed E-state index contributed by atoms with van der Waals surface area (Å²) in [4.78, 5) is 19.4. The molecule has 0 bridgehead atoms. The molecule has 5 heteroatoms. The first kappa shape index (κ1) is 14.3. The van der Waals surface area contributed by atoms with E-state index >= 15 is 0 Å². The highest BCUT2D eigenvalue weighted by Gasteiger charge is 2.10. The molecular weight excluding hydrogens is 302 g/mol. The molecule has 2 heterocycles. The lowest BCUT2D eigenvalue weighted by Crippen LogP contribution is -2.08. The van der Waals surface area contributed by atoms with E-state index in [2.05, 4.69) is 15.3 Å². The molecule has 118 valence electrons. The van der Waals surface area contributed by atoms with E-state index in [-0.39, 0.29) is 5.56 Å². The number of pyridine rings is 2. The number of anilines is 2. The standard InChI is InChI=1S/C19H15N3O2/c1-24-13-6-4-5-12(11-13)21-16-9-10-20-18-17(16)14-7-2-3-8-15(14)19(23)22-18/h2-11H,1H3,(H2,20,21,22,23). The topological polar surface area (TPSA) is 67.0 Å². The van der Waals surface area contributed by atoms with Crippen LogP contribution in [0.5, 0.6) is 5.75 Å². The van der Waals surface area contributed by atoms with Gasteiger partial charge >= 0.3 is 0 Å². The van der Waals surface area contributed by atoms with Gasteiger partial charge in [-0.05, 0) is 24.3 Å². The van der Waals surface area contributed by atoms with E-state index in [0.717, 1.165) is 27.9 Å². The van der Waals surface area contributed by atoms with Gasteiger partial charge in [-0.1, -0.05) is 24.3 Å². The highest BCUT2D eigenvalue weighted by molar-refractivity contribution is 6.10. The van der Waals surface area contributed by atoms with Gasteiger partial charge in [0, 0.05) is 34.1 Å². The molecule has 2 N–H and O–H groups in total. The number of nitrogens with one attached hydrogen (secondary N) is 2. The van der Waals surface area contributed by atoms with E-state index in [0.29, 0.717) is 11.0 Å². The van der Waals surface area contributed by atoms with Crippen molar-refractivity contribution in [3.8, 4) is 5.75 Å². The van der Waals surface area contributed by atoms with Crippen LogP contribution >= 0.6 is 0 Å². The molecule has 0 aliphatic rings. The number of ether oxygens (including phenoxy) is 1. The van der Waals surface area contributed by atoms with Crippen molar-refractivity contribution in [1.82, 2.24) is 9.97 Å². The predicted molar refractivity (Wildman–Crippen MR) is 96.1 cm³/mol. The van der Waals surface area contributed by atoms with Crippen molar-refractivity contribution >= 4 is 33.2 Å². The van der Waals surface area contributed by atoms with Gasteiger partial charge < -0.3 is 15.0 Å². The van der Waals surface area contributed by atoms with E-state index < -0.39 is 0 Å². The Morgan fingerprint density at radius 1 is 1.04 bits per heavy atom. The first-order chi connectivity index (χ1) is 11.8. The van der Waals surface area contributed by atoms with Crippen LogP contribution in [-0.2, 0) is 0 Å². The minimum Gasteiger partial charge on any atom is -0.497 e. The van der Waals surface area contributed by atoms with Crippen LogP contribution < -0.4 is 15.6 Å². The van der Waals surface area contributed by atoms with Crippen molar-refractivity contribution in [3.63, 3.8) is 0 Å². The van der Waals surface area contributed by atoms with Gasteiger partial charge in [0.2, 0.25) is 0 Å². The van der Waals surface area contributed by atoms with E-state index in [1.54, 1.807) is 13.3 Å². The van der Waals surface area contributed by atoms with Gasteiger partial charge in [-0.15, -0.1) is 0 Å². The first-order valence-corrected chi connectivity index (χ1v) is 7.57. The number of rotatable bonds is 3. The van der Waals surface area contributed by atoms with Crippen molar-refractivity contribution in [1.29, 1.82) is 0 Å². The van der Waals surface area contributed by atoms with Gasteiger partial charge in [0.1, 0.15) is 11.4 Å². The van der Waals surface area contributed by atoms with Crippen LogP contribution in [0.1, 0.15) is 0 Å². The minimum atomic E-state index is -0.135. The quantitative estimate of drug-likeness (QED) is 0.564. The highest BCUT2D eigenvalue weighted by Crippen LogP contribution is 2.30. The van der Waals surface area contributed by atoms with Crippen LogP contribution in [0.3, 0.4) is 0 Å². The number of H-pyrrole nitrogens is 1. The smallest absolute Gasteiger partial charge is 0.257 e. The molecule has 0 saturated heterocycles. The van der Waals surface area contributed by atoms with Gasteiger partial charge in [0.25, 0.3) is 5.56 Å². The summed E-state index contributed by atoms with van der Waals surface area (Å²) in [5, 5.41) is 5.79. The Morgan fingerprint density at radius 2 is 1.88 bits per heavy atom. The fourth-order valence-corrected chi connectivity index (χ4v) is 2.86. The molecule has 0 radical (unpaired) electrons. The lowest BCUT2D eigenvalue weighted by molar-refractivity contribution is 0.415. The number of methoxy groups -OCH3 is 1. The molecule has 2 aromatic carbocycles. The lowest BCUT2D eigenvalue weighted by atomic mass is 10.1. The van der Waals surface area contributed by atoms with Crippen molar-refractivity contribution in [2.24, 2.45) is 0 Å². The Kier molecular flexibility index (Phi) is 3.39. The third kappa shape index (κ3) is 2.36. The van der Waals surface area contributed by atoms with Crippen LogP contribution in [-0.4, -0.2) is 17.1 Å². The molecule has 0 aliphatic carbocycles. The minimum absolute atomic E-state index is 0.135. The average Bonchev–Trinajstić information content (AvgIpc) is 2.62. The zero-order valence-electron chi connectivity index (χ0n) is 13.0. The third-order valence-electron chi connectivity index (χ3n) is 3.97. The lowest BCUT2D eigenvalue weighted by Gasteiger charge is -2.12. The monoisotopic (exact) mass is 317 g/mol. The first-order valence-electron chi connectivity index (χ1n) is 7.57. The molecular formula is C19H15N3O2. The summed E-state index contributed by atoms with van der Waals surface area (Å²) < 4.78 is 5.27. The molecule has 0 aliphatic heterocycles. The molecule has 4 rings (SSSR count). The predicted octanol–water partition coefficient (Wildman–Crippen LogP) is 3.83. The summed E-state index contributed by atoms with van der Waals surface area (Å²) in [6.45, 7) is 0. The van der Waals surface area contributed by atoms with E-state index in [1.807, 2.05) is 54.6 Å². The Balaban J connectivity index is 1.95. The molecule has 0 unspecified atom stereocenters. The summed E-state index contributed by atoms with van der Waals surface area (Å²) in [6, 6.07) is 17.1. The largest absolute Gasteiger partial charge is 0.497 e. The van der Waals surface area contributed by atoms with Gasteiger partial charge in [-0.25, -0.2) is 4.98 Å². The SMILES string of the molecule is COc1cccc(Nc2ccnc3[nH]c(=O)c4ccccc4c23)c1. The third-order valence-corrected chi connectivity index (χ3v) is 3.97. The van der Waals surface area contributed by atoms with Gasteiger partial charge in [0.15, 0.2) is 0 Å². The second kappa shape index (κ2) is 5.70. The van der Waals surface area contributed by atoms with Gasteiger partial charge in [0.05, 0.1) is 12.8 Å². The van der Waals surface area contributed by atoms with Crippen LogP contribution in [0.2, 0.25) is 0 Å². The second-order valence-electron chi connectivity index (χ2n) is 5.44. The van der Waals surface area contributed by atoms with Crippen LogP contribution in [0.15, 0.2) is 65.6 Å². The van der Waals surface area contributed by atoms with Crippen molar-refractivity contribution in [2.45, 2.75) is 0 Å². The Labute approximate surface area is 137 Å². The van der Waals surface area contributed by atoms with E-state index in [1.165, 1.54) is 0 Å². The van der Waals surface area contributed by atoms with Crippen LogP contribution in [0.25, 0.3) is 21.8 Å². The maximum absolute atomic E-state index is 12.2. The summed E-state index contributed by atoms with van der Waals surface area (Å²) in [7, 11) is 1.64.